The van der Waals surface area contributed by atoms with Crippen LogP contribution < -0.4 is 9.47 Å². The van der Waals surface area contributed by atoms with Crippen molar-refractivity contribution in [2.45, 2.75) is 25.4 Å². The van der Waals surface area contributed by atoms with Crippen LogP contribution in [0.4, 0.5) is 0 Å². The second kappa shape index (κ2) is 7.61. The highest BCUT2D eigenvalue weighted by molar-refractivity contribution is 5.87. The van der Waals surface area contributed by atoms with Crippen molar-refractivity contribution in [2.24, 2.45) is 0 Å². The zero-order chi connectivity index (χ0) is 17.8. The number of hydrogen-bond acceptors (Lipinski definition) is 6. The van der Waals surface area contributed by atoms with Gasteiger partial charge in [-0.2, -0.15) is 0 Å². The van der Waals surface area contributed by atoms with E-state index in [9.17, 15) is 4.79 Å². The average molecular weight is 345 g/mol. The summed E-state index contributed by atoms with van der Waals surface area (Å²) in [7, 11) is 4.67. The van der Waals surface area contributed by atoms with Crippen LogP contribution in [-0.4, -0.2) is 38.7 Å². The van der Waals surface area contributed by atoms with Crippen LogP contribution in [0.5, 0.6) is 11.5 Å². The maximum absolute atomic E-state index is 11.8. The summed E-state index contributed by atoms with van der Waals surface area (Å²) < 4.78 is 20.9. The van der Waals surface area contributed by atoms with Crippen molar-refractivity contribution >= 4 is 5.97 Å². The highest BCUT2D eigenvalue weighted by Gasteiger charge is 2.30. The minimum absolute atomic E-state index is 0.223. The Morgan fingerprint density at radius 2 is 2.08 bits per heavy atom. The minimum Gasteiger partial charge on any atom is -0.497 e. The molecule has 0 saturated carbocycles. The number of carbonyl (C=O) groups is 1. The first-order chi connectivity index (χ1) is 12.2. The molecule has 1 unspecified atom stereocenters. The summed E-state index contributed by atoms with van der Waals surface area (Å²) in [5, 5.41) is 0. The first-order valence-corrected chi connectivity index (χ1v) is 8.28. The molecular weight excluding hydrogens is 322 g/mol. The maximum Gasteiger partial charge on any atom is 0.374 e. The molecule has 25 heavy (non-hydrogen) atoms. The van der Waals surface area contributed by atoms with Crippen LogP contribution in [-0.2, 0) is 11.3 Å². The van der Waals surface area contributed by atoms with Crippen LogP contribution in [0.1, 0.15) is 40.6 Å². The fourth-order valence-electron chi connectivity index (χ4n) is 3.41. The number of nitrogens with zero attached hydrogens (tertiary/aromatic N) is 1. The molecule has 1 atom stereocenters. The van der Waals surface area contributed by atoms with Gasteiger partial charge in [-0.1, -0.05) is 6.07 Å². The highest BCUT2D eigenvalue weighted by Crippen LogP contribution is 2.39. The summed E-state index contributed by atoms with van der Waals surface area (Å²) in [6.45, 7) is 1.58. The predicted molar refractivity (Wildman–Crippen MR) is 92.0 cm³/mol. The van der Waals surface area contributed by atoms with Gasteiger partial charge in [0, 0.05) is 29.8 Å². The van der Waals surface area contributed by atoms with E-state index >= 15 is 0 Å². The van der Waals surface area contributed by atoms with E-state index in [1.165, 1.54) is 13.4 Å². The number of likely N-dealkylation sites (tertiary alicyclic amines) is 1. The molecule has 0 radical (unpaired) electrons. The first-order valence-electron chi connectivity index (χ1n) is 8.28. The van der Waals surface area contributed by atoms with E-state index in [-0.39, 0.29) is 11.8 Å². The number of ether oxygens (including phenoxy) is 3. The molecule has 6 heteroatoms. The monoisotopic (exact) mass is 345 g/mol. The van der Waals surface area contributed by atoms with Gasteiger partial charge in [0.15, 0.2) is 0 Å². The largest absolute Gasteiger partial charge is 0.497 e. The Kier molecular flexibility index (Phi) is 5.28. The van der Waals surface area contributed by atoms with Gasteiger partial charge in [0.2, 0.25) is 5.76 Å². The van der Waals surface area contributed by atoms with Crippen LogP contribution in [0.15, 0.2) is 34.9 Å². The Bertz CT molecular complexity index is 739. The van der Waals surface area contributed by atoms with Crippen molar-refractivity contribution < 1.29 is 23.4 Å². The number of benzene rings is 1. The quantitative estimate of drug-likeness (QED) is 0.748. The molecule has 1 fully saturated rings. The normalized spacial score (nSPS) is 17.5. The predicted octanol–water partition coefficient (Wildman–Crippen LogP) is 3.42. The Morgan fingerprint density at radius 3 is 2.80 bits per heavy atom. The lowest BCUT2D eigenvalue weighted by Crippen LogP contribution is -2.24. The van der Waals surface area contributed by atoms with Crippen molar-refractivity contribution in [3.8, 4) is 11.5 Å². The SMILES string of the molecule is COC(=O)c1occc1CN1CCCC1c1ccc(OC)cc1OC. The summed E-state index contributed by atoms with van der Waals surface area (Å²) >= 11 is 0. The van der Waals surface area contributed by atoms with Gasteiger partial charge in [-0.05, 0) is 31.5 Å². The second-order valence-corrected chi connectivity index (χ2v) is 6.00. The summed E-state index contributed by atoms with van der Waals surface area (Å²) in [5.41, 5.74) is 1.97. The molecule has 6 nitrogen and oxygen atoms in total. The van der Waals surface area contributed by atoms with Gasteiger partial charge in [-0.3, -0.25) is 4.90 Å². The van der Waals surface area contributed by atoms with Crippen molar-refractivity contribution in [3.63, 3.8) is 0 Å². The standard InChI is InChI=1S/C19H23NO5/c1-22-14-6-7-15(17(11-14)23-2)16-5-4-9-20(16)12-13-8-10-25-18(13)19(21)24-3/h6-8,10-11,16H,4-5,9,12H2,1-3H3. The van der Waals surface area contributed by atoms with E-state index in [1.54, 1.807) is 14.2 Å². The van der Waals surface area contributed by atoms with Crippen LogP contribution in [0, 0.1) is 0 Å². The molecule has 2 heterocycles. The Labute approximate surface area is 147 Å². The number of esters is 1. The van der Waals surface area contributed by atoms with Gasteiger partial charge in [0.25, 0.3) is 0 Å². The molecule has 0 N–H and O–H groups in total. The van der Waals surface area contributed by atoms with Crippen molar-refractivity contribution in [1.29, 1.82) is 0 Å². The minimum atomic E-state index is -0.447. The molecule has 1 aromatic heterocycles. The van der Waals surface area contributed by atoms with Gasteiger partial charge in [-0.25, -0.2) is 4.79 Å². The molecule has 0 spiro atoms. The molecule has 1 aromatic carbocycles. The van der Waals surface area contributed by atoms with Crippen LogP contribution in [0.2, 0.25) is 0 Å². The first kappa shape index (κ1) is 17.4. The number of methoxy groups -OCH3 is 3. The molecule has 3 rings (SSSR count). The number of rotatable bonds is 6. The number of furan rings is 1. The molecular formula is C19H23NO5. The molecule has 0 bridgehead atoms. The van der Waals surface area contributed by atoms with Crippen molar-refractivity contribution in [1.82, 2.24) is 4.90 Å². The fraction of sp³-hybridized carbons (Fsp3) is 0.421. The molecule has 1 aliphatic rings. The van der Waals surface area contributed by atoms with E-state index in [4.69, 9.17) is 18.6 Å². The highest BCUT2D eigenvalue weighted by atomic mass is 16.5. The lowest BCUT2D eigenvalue weighted by molar-refractivity contribution is 0.0561. The second-order valence-electron chi connectivity index (χ2n) is 6.00. The lowest BCUT2D eigenvalue weighted by Gasteiger charge is -2.26. The molecule has 1 aliphatic heterocycles. The van der Waals surface area contributed by atoms with Gasteiger partial charge < -0.3 is 18.6 Å². The average Bonchev–Trinajstić information content (AvgIpc) is 3.30. The van der Waals surface area contributed by atoms with Gasteiger partial charge >= 0.3 is 5.97 Å². The third kappa shape index (κ3) is 3.49. The third-order valence-corrected chi connectivity index (χ3v) is 4.65. The van der Waals surface area contributed by atoms with E-state index in [2.05, 4.69) is 11.0 Å². The summed E-state index contributed by atoms with van der Waals surface area (Å²) in [6.07, 6.45) is 3.65. The van der Waals surface area contributed by atoms with Crippen LogP contribution >= 0.6 is 0 Å². The molecule has 2 aromatic rings. The third-order valence-electron chi connectivity index (χ3n) is 4.65. The van der Waals surface area contributed by atoms with E-state index in [0.717, 1.165) is 42.0 Å². The lowest BCUT2D eigenvalue weighted by atomic mass is 10.0. The number of hydrogen-bond donors (Lipinski definition) is 0. The van der Waals surface area contributed by atoms with E-state index < -0.39 is 5.97 Å². The molecule has 0 aliphatic carbocycles. The smallest absolute Gasteiger partial charge is 0.374 e. The van der Waals surface area contributed by atoms with E-state index in [0.29, 0.717) is 6.54 Å². The van der Waals surface area contributed by atoms with Gasteiger partial charge in [-0.15, -0.1) is 0 Å². The molecule has 0 amide bonds. The van der Waals surface area contributed by atoms with E-state index in [1.807, 2.05) is 18.2 Å². The fourth-order valence-corrected chi connectivity index (χ4v) is 3.41. The van der Waals surface area contributed by atoms with Gasteiger partial charge in [0.05, 0.1) is 27.6 Å². The van der Waals surface area contributed by atoms with Crippen molar-refractivity contribution in [2.75, 3.05) is 27.9 Å². The van der Waals surface area contributed by atoms with Gasteiger partial charge in [0.1, 0.15) is 11.5 Å². The summed E-state index contributed by atoms with van der Waals surface area (Å²) in [6, 6.07) is 7.96. The van der Waals surface area contributed by atoms with Crippen LogP contribution in [0.3, 0.4) is 0 Å². The molecule has 134 valence electrons. The van der Waals surface area contributed by atoms with Crippen LogP contribution in [0.25, 0.3) is 0 Å². The summed E-state index contributed by atoms with van der Waals surface area (Å²) in [5.74, 6) is 1.41. The summed E-state index contributed by atoms with van der Waals surface area (Å²) in [4.78, 5) is 14.2. The Balaban J connectivity index is 1.84. The molecule has 1 saturated heterocycles. The Hall–Kier alpha value is -2.47. The van der Waals surface area contributed by atoms with Crippen molar-refractivity contribution in [3.05, 3.63) is 47.4 Å². The maximum atomic E-state index is 11.8. The zero-order valence-corrected chi connectivity index (χ0v) is 14.8. The number of carbonyl (C=O) groups excluding carboxylic acids is 1. The zero-order valence-electron chi connectivity index (χ0n) is 14.8. The topological polar surface area (TPSA) is 61.1 Å². The Morgan fingerprint density at radius 1 is 1.24 bits per heavy atom.